The summed E-state index contributed by atoms with van der Waals surface area (Å²) in [6, 6.07) is 17.0. The molecule has 3 rings (SSSR count). The molecule has 0 radical (unpaired) electrons. The number of anilines is 1. The molecule has 1 unspecified atom stereocenters. The number of halogens is 1. The Balaban J connectivity index is 1.66. The van der Waals surface area contributed by atoms with E-state index in [1.165, 1.54) is 11.8 Å². The molecule has 0 saturated carbocycles. The second kappa shape index (κ2) is 10.3. The molecule has 0 saturated heterocycles. The van der Waals surface area contributed by atoms with Crippen molar-refractivity contribution in [3.05, 3.63) is 77.5 Å². The lowest BCUT2D eigenvalue weighted by molar-refractivity contribution is -0.113. The quantitative estimate of drug-likeness (QED) is 0.346. The minimum atomic E-state index is -0.309. The highest BCUT2D eigenvalue weighted by Crippen LogP contribution is 2.25. The van der Waals surface area contributed by atoms with Crippen LogP contribution in [0.25, 0.3) is 0 Å². The van der Waals surface area contributed by atoms with Crippen LogP contribution >= 0.6 is 27.7 Å². The van der Waals surface area contributed by atoms with Gasteiger partial charge in [0.25, 0.3) is 0 Å². The van der Waals surface area contributed by atoms with Crippen molar-refractivity contribution in [2.75, 3.05) is 11.1 Å². The molecule has 0 aliphatic carbocycles. The van der Waals surface area contributed by atoms with Gasteiger partial charge < -0.3 is 10.1 Å². The van der Waals surface area contributed by atoms with Gasteiger partial charge >= 0.3 is 0 Å². The molecular formula is C21H21BrN4O2S. The van der Waals surface area contributed by atoms with E-state index in [2.05, 4.69) is 38.0 Å². The highest BCUT2D eigenvalue weighted by Gasteiger charge is 2.19. The number of ether oxygens (including phenoxy) is 1. The van der Waals surface area contributed by atoms with E-state index in [9.17, 15) is 4.79 Å². The Labute approximate surface area is 182 Å². The van der Waals surface area contributed by atoms with Crippen molar-refractivity contribution in [3.8, 4) is 5.75 Å². The van der Waals surface area contributed by atoms with Gasteiger partial charge in [-0.2, -0.15) is 0 Å². The summed E-state index contributed by atoms with van der Waals surface area (Å²) in [6.45, 7) is 6.26. The summed E-state index contributed by atoms with van der Waals surface area (Å²) in [5.41, 5.74) is 0.767. The molecule has 0 aliphatic heterocycles. The molecule has 2 aromatic carbocycles. The van der Waals surface area contributed by atoms with Crippen LogP contribution in [0.3, 0.4) is 0 Å². The lowest BCUT2D eigenvalue weighted by Crippen LogP contribution is -2.15. The van der Waals surface area contributed by atoms with Crippen molar-refractivity contribution >= 4 is 39.3 Å². The average molecular weight is 473 g/mol. The maximum Gasteiger partial charge on any atom is 0.234 e. The molecule has 29 heavy (non-hydrogen) atoms. The van der Waals surface area contributed by atoms with Crippen LogP contribution in [0.4, 0.5) is 5.69 Å². The summed E-state index contributed by atoms with van der Waals surface area (Å²) in [4.78, 5) is 12.2. The van der Waals surface area contributed by atoms with Crippen molar-refractivity contribution in [2.24, 2.45) is 0 Å². The molecule has 1 aromatic heterocycles. The van der Waals surface area contributed by atoms with Gasteiger partial charge in [0.2, 0.25) is 5.91 Å². The second-order valence-electron chi connectivity index (χ2n) is 6.16. The van der Waals surface area contributed by atoms with Gasteiger partial charge in [-0.05, 0) is 43.3 Å². The number of hydrogen-bond acceptors (Lipinski definition) is 5. The van der Waals surface area contributed by atoms with Gasteiger partial charge in [0, 0.05) is 16.7 Å². The molecule has 1 amide bonds. The molecule has 1 atom stereocenters. The Morgan fingerprint density at radius 3 is 2.66 bits per heavy atom. The summed E-state index contributed by atoms with van der Waals surface area (Å²) >= 11 is 4.74. The van der Waals surface area contributed by atoms with Crippen molar-refractivity contribution in [2.45, 2.75) is 24.7 Å². The molecule has 1 N–H and O–H groups in total. The fourth-order valence-corrected chi connectivity index (χ4v) is 3.65. The molecule has 0 spiro atoms. The number of carbonyl (C=O) groups is 1. The molecule has 8 heteroatoms. The van der Waals surface area contributed by atoms with E-state index in [4.69, 9.17) is 4.74 Å². The van der Waals surface area contributed by atoms with Crippen molar-refractivity contribution in [1.82, 2.24) is 14.8 Å². The third-order valence-corrected chi connectivity index (χ3v) is 5.43. The third kappa shape index (κ3) is 5.95. The van der Waals surface area contributed by atoms with Crippen LogP contribution in [0.5, 0.6) is 5.75 Å². The first-order chi connectivity index (χ1) is 14.1. The van der Waals surface area contributed by atoms with Crippen LogP contribution in [0.15, 0.2) is 76.9 Å². The maximum absolute atomic E-state index is 12.2. The summed E-state index contributed by atoms with van der Waals surface area (Å²) < 4.78 is 8.89. The van der Waals surface area contributed by atoms with Gasteiger partial charge in [0.15, 0.2) is 17.1 Å². The largest absolute Gasteiger partial charge is 0.483 e. The SMILES string of the molecule is C=CCn1c(SCC(=O)Nc2ccccc2)nnc1C(C)Oc1ccc(Br)cc1. The molecule has 0 bridgehead atoms. The molecule has 6 nitrogen and oxygen atoms in total. The van der Waals surface area contributed by atoms with E-state index >= 15 is 0 Å². The first kappa shape index (κ1) is 21.1. The van der Waals surface area contributed by atoms with Crippen molar-refractivity contribution < 1.29 is 9.53 Å². The second-order valence-corrected chi connectivity index (χ2v) is 8.02. The zero-order valence-electron chi connectivity index (χ0n) is 15.9. The first-order valence-corrected chi connectivity index (χ1v) is 10.8. The molecular weight excluding hydrogens is 452 g/mol. The van der Waals surface area contributed by atoms with Crippen LogP contribution in [-0.4, -0.2) is 26.4 Å². The molecule has 1 heterocycles. The Bertz CT molecular complexity index is 961. The zero-order chi connectivity index (χ0) is 20.6. The predicted molar refractivity (Wildman–Crippen MR) is 119 cm³/mol. The zero-order valence-corrected chi connectivity index (χ0v) is 18.3. The van der Waals surface area contributed by atoms with Gasteiger partial charge in [-0.25, -0.2) is 0 Å². The number of para-hydroxylation sites is 1. The lowest BCUT2D eigenvalue weighted by Gasteiger charge is -2.15. The van der Waals surface area contributed by atoms with Gasteiger partial charge in [0.05, 0.1) is 5.75 Å². The Morgan fingerprint density at radius 1 is 1.24 bits per heavy atom. The lowest BCUT2D eigenvalue weighted by atomic mass is 10.3. The van der Waals surface area contributed by atoms with Gasteiger partial charge in [-0.1, -0.05) is 52.0 Å². The van der Waals surface area contributed by atoms with Crippen molar-refractivity contribution in [1.29, 1.82) is 0 Å². The summed E-state index contributed by atoms with van der Waals surface area (Å²) in [5.74, 6) is 1.55. The predicted octanol–water partition coefficient (Wildman–Crippen LogP) is 5.10. The maximum atomic E-state index is 12.2. The number of amides is 1. The number of thioether (sulfide) groups is 1. The molecule has 150 valence electrons. The van der Waals surface area contributed by atoms with E-state index in [0.29, 0.717) is 17.5 Å². The highest BCUT2D eigenvalue weighted by atomic mass is 79.9. The smallest absolute Gasteiger partial charge is 0.234 e. The topological polar surface area (TPSA) is 69.0 Å². The van der Waals surface area contributed by atoms with Crippen LogP contribution in [0.1, 0.15) is 18.9 Å². The van der Waals surface area contributed by atoms with E-state index < -0.39 is 0 Å². The highest BCUT2D eigenvalue weighted by molar-refractivity contribution is 9.10. The summed E-state index contributed by atoms with van der Waals surface area (Å²) in [5, 5.41) is 12.1. The van der Waals surface area contributed by atoms with Crippen molar-refractivity contribution in [3.63, 3.8) is 0 Å². The van der Waals surface area contributed by atoms with Crippen LogP contribution in [0, 0.1) is 0 Å². The fourth-order valence-electron chi connectivity index (χ4n) is 2.63. The number of nitrogens with zero attached hydrogens (tertiary/aromatic N) is 3. The normalized spacial score (nSPS) is 11.7. The molecule has 0 aliphatic rings. The first-order valence-electron chi connectivity index (χ1n) is 9.00. The van der Waals surface area contributed by atoms with Crippen LogP contribution < -0.4 is 10.1 Å². The average Bonchev–Trinajstić information content (AvgIpc) is 3.12. The number of hydrogen-bond donors (Lipinski definition) is 1. The minimum Gasteiger partial charge on any atom is -0.483 e. The van der Waals surface area contributed by atoms with Gasteiger partial charge in [-0.3, -0.25) is 9.36 Å². The summed E-state index contributed by atoms with van der Waals surface area (Å²) in [7, 11) is 0. The van der Waals surface area contributed by atoms with E-state index in [0.717, 1.165) is 15.9 Å². The number of aromatic nitrogens is 3. The minimum absolute atomic E-state index is 0.102. The number of benzene rings is 2. The Kier molecular flexibility index (Phi) is 7.48. The molecule has 3 aromatic rings. The molecule has 0 fully saturated rings. The third-order valence-electron chi connectivity index (χ3n) is 3.94. The van der Waals surface area contributed by atoms with Crippen LogP contribution in [0.2, 0.25) is 0 Å². The van der Waals surface area contributed by atoms with E-state index in [1.807, 2.05) is 66.1 Å². The summed E-state index contributed by atoms with van der Waals surface area (Å²) in [6.07, 6.45) is 1.46. The Hall–Kier alpha value is -2.58. The number of allylic oxidation sites excluding steroid dienone is 1. The van der Waals surface area contributed by atoms with Gasteiger partial charge in [-0.15, -0.1) is 16.8 Å². The van der Waals surface area contributed by atoms with E-state index in [1.54, 1.807) is 6.08 Å². The number of rotatable bonds is 9. The van der Waals surface area contributed by atoms with Crippen LogP contribution in [-0.2, 0) is 11.3 Å². The van der Waals surface area contributed by atoms with E-state index in [-0.39, 0.29) is 17.8 Å². The standard InChI is InChI=1S/C21H21BrN4O2S/c1-3-13-26-20(15(2)28-18-11-9-16(22)10-12-18)24-25-21(26)29-14-19(27)23-17-7-5-4-6-8-17/h3-12,15H,1,13-14H2,2H3,(H,23,27). The monoisotopic (exact) mass is 472 g/mol. The number of carbonyl (C=O) groups excluding carboxylic acids is 1. The number of nitrogens with one attached hydrogen (secondary N) is 1. The van der Waals surface area contributed by atoms with Gasteiger partial charge in [0.1, 0.15) is 5.75 Å². The fraction of sp³-hybridized carbons (Fsp3) is 0.190. The Morgan fingerprint density at radius 2 is 1.97 bits per heavy atom.